The van der Waals surface area contributed by atoms with E-state index in [1.165, 1.54) is 0 Å². The maximum Gasteiger partial charge on any atom is 0.309 e. The van der Waals surface area contributed by atoms with Gasteiger partial charge >= 0.3 is 11.9 Å². The lowest BCUT2D eigenvalue weighted by Gasteiger charge is -2.31. The smallest absolute Gasteiger partial charge is 0.309 e. The Bertz CT molecular complexity index is 344. The number of unbranched alkanes of at least 4 members (excludes halogenated alkanes) is 5. The maximum atomic E-state index is 11.8. The molecule has 23 heavy (non-hydrogen) atoms. The van der Waals surface area contributed by atoms with Gasteiger partial charge in [0.05, 0.1) is 18.1 Å². The zero-order chi connectivity index (χ0) is 17.7. The molecule has 136 valence electrons. The maximum absolute atomic E-state index is 11.8. The van der Waals surface area contributed by atoms with Gasteiger partial charge in [0.1, 0.15) is 0 Å². The first-order valence-electron chi connectivity index (χ1n) is 8.62. The monoisotopic (exact) mass is 332 g/mol. The van der Waals surface area contributed by atoms with E-state index in [1.54, 1.807) is 0 Å². The van der Waals surface area contributed by atoms with Crippen molar-refractivity contribution in [1.29, 1.82) is 0 Å². The van der Waals surface area contributed by atoms with Gasteiger partial charge in [0.25, 0.3) is 0 Å². The molecule has 2 atom stereocenters. The highest BCUT2D eigenvalue weighted by atomic mass is 16.4. The van der Waals surface area contributed by atoms with Crippen molar-refractivity contribution in [3.05, 3.63) is 0 Å². The third kappa shape index (κ3) is 9.56. The minimum absolute atomic E-state index is 0.0455. The molecule has 0 amide bonds. The fourth-order valence-electron chi connectivity index (χ4n) is 2.95. The van der Waals surface area contributed by atoms with E-state index in [4.69, 9.17) is 10.2 Å². The molecule has 4 N–H and O–H groups in total. The van der Waals surface area contributed by atoms with Crippen LogP contribution in [0.4, 0.5) is 0 Å². The average molecular weight is 332 g/mol. The van der Waals surface area contributed by atoms with Crippen LogP contribution in [0, 0.1) is 5.41 Å². The van der Waals surface area contributed by atoms with Gasteiger partial charge in [-0.15, -0.1) is 0 Å². The molecule has 0 bridgehead atoms. The van der Waals surface area contributed by atoms with Crippen LogP contribution in [-0.4, -0.2) is 45.1 Å². The van der Waals surface area contributed by atoms with Gasteiger partial charge in [-0.25, -0.2) is 0 Å². The quantitative estimate of drug-likeness (QED) is 0.343. The molecular formula is C17H32O6. The second-order valence-electron chi connectivity index (χ2n) is 6.39. The van der Waals surface area contributed by atoms with Crippen molar-refractivity contribution in [1.82, 2.24) is 0 Å². The van der Waals surface area contributed by atoms with Crippen molar-refractivity contribution in [3.63, 3.8) is 0 Å². The van der Waals surface area contributed by atoms with Gasteiger partial charge < -0.3 is 20.4 Å². The van der Waals surface area contributed by atoms with Crippen molar-refractivity contribution in [2.45, 2.75) is 83.7 Å². The summed E-state index contributed by atoms with van der Waals surface area (Å²) in [4.78, 5) is 22.3. The largest absolute Gasteiger partial charge is 0.481 e. The van der Waals surface area contributed by atoms with E-state index in [-0.39, 0.29) is 12.8 Å². The first kappa shape index (κ1) is 21.9. The lowest BCUT2D eigenvalue weighted by atomic mass is 9.74. The number of aliphatic carboxylic acids is 2. The Labute approximate surface area is 138 Å². The number of rotatable bonds is 15. The summed E-state index contributed by atoms with van der Waals surface area (Å²) in [7, 11) is 0. The molecule has 0 fully saturated rings. The predicted molar refractivity (Wildman–Crippen MR) is 87.3 cm³/mol. The van der Waals surface area contributed by atoms with Crippen molar-refractivity contribution in [2.75, 3.05) is 6.61 Å². The topological polar surface area (TPSA) is 115 Å². The van der Waals surface area contributed by atoms with Crippen LogP contribution in [0.2, 0.25) is 0 Å². The summed E-state index contributed by atoms with van der Waals surface area (Å²) < 4.78 is 0. The Morgan fingerprint density at radius 3 is 1.96 bits per heavy atom. The SMILES string of the molecule is CCCCCCC(CCCCCC(=O)O)(CC(O)CO)C(=O)O. The Hall–Kier alpha value is -1.14. The van der Waals surface area contributed by atoms with Gasteiger partial charge in [-0.2, -0.15) is 0 Å². The molecule has 0 aromatic carbocycles. The van der Waals surface area contributed by atoms with E-state index in [0.717, 1.165) is 25.7 Å². The summed E-state index contributed by atoms with van der Waals surface area (Å²) in [5.41, 5.74) is -1.03. The zero-order valence-electron chi connectivity index (χ0n) is 14.2. The summed E-state index contributed by atoms with van der Waals surface area (Å²) in [6.07, 6.45) is 5.67. The number of carboxylic acid groups (broad SMARTS) is 2. The van der Waals surface area contributed by atoms with Crippen LogP contribution in [0.15, 0.2) is 0 Å². The van der Waals surface area contributed by atoms with E-state index in [2.05, 4.69) is 6.92 Å². The zero-order valence-corrected chi connectivity index (χ0v) is 14.2. The second-order valence-corrected chi connectivity index (χ2v) is 6.39. The Kier molecular flexibility index (Phi) is 11.7. The van der Waals surface area contributed by atoms with Crippen LogP contribution < -0.4 is 0 Å². The molecular weight excluding hydrogens is 300 g/mol. The van der Waals surface area contributed by atoms with Gasteiger partial charge in [-0.1, -0.05) is 45.4 Å². The van der Waals surface area contributed by atoms with Gasteiger partial charge in [-0.05, 0) is 25.7 Å². The second kappa shape index (κ2) is 12.3. The summed E-state index contributed by atoms with van der Waals surface area (Å²) in [5, 5.41) is 37.1. The Morgan fingerprint density at radius 1 is 0.957 bits per heavy atom. The number of aliphatic hydroxyl groups is 2. The molecule has 0 radical (unpaired) electrons. The van der Waals surface area contributed by atoms with Crippen LogP contribution in [0.1, 0.15) is 77.6 Å². The minimum Gasteiger partial charge on any atom is -0.481 e. The van der Waals surface area contributed by atoms with Gasteiger partial charge in [0, 0.05) is 6.42 Å². The van der Waals surface area contributed by atoms with Crippen molar-refractivity contribution >= 4 is 11.9 Å². The molecule has 0 spiro atoms. The molecule has 0 aliphatic heterocycles. The lowest BCUT2D eigenvalue weighted by Crippen LogP contribution is -2.36. The Balaban J connectivity index is 4.64. The summed E-state index contributed by atoms with van der Waals surface area (Å²) in [6, 6.07) is 0. The van der Waals surface area contributed by atoms with Crippen LogP contribution in [0.3, 0.4) is 0 Å². The van der Waals surface area contributed by atoms with E-state index < -0.39 is 30.1 Å². The molecule has 0 aliphatic carbocycles. The summed E-state index contributed by atoms with van der Waals surface area (Å²) >= 11 is 0. The third-order valence-corrected chi connectivity index (χ3v) is 4.35. The highest BCUT2D eigenvalue weighted by Crippen LogP contribution is 2.37. The molecule has 2 unspecified atom stereocenters. The highest BCUT2D eigenvalue weighted by molar-refractivity contribution is 5.74. The third-order valence-electron chi connectivity index (χ3n) is 4.35. The molecule has 0 aliphatic rings. The normalized spacial score (nSPS) is 15.1. The average Bonchev–Trinajstić information content (AvgIpc) is 2.50. The van der Waals surface area contributed by atoms with Crippen LogP contribution in [0.25, 0.3) is 0 Å². The molecule has 0 saturated carbocycles. The number of hydrogen-bond acceptors (Lipinski definition) is 4. The van der Waals surface area contributed by atoms with Gasteiger partial charge in [0.15, 0.2) is 0 Å². The van der Waals surface area contributed by atoms with E-state index >= 15 is 0 Å². The standard InChI is InChI=1S/C17H32O6/c1-2-3-4-7-10-17(16(22)23,12-14(19)13-18)11-8-5-6-9-15(20)21/h14,18-19H,2-13H2,1H3,(H,20,21)(H,22,23). The molecule has 0 aromatic rings. The van der Waals surface area contributed by atoms with Crippen molar-refractivity contribution in [2.24, 2.45) is 5.41 Å². The predicted octanol–water partition coefficient (Wildman–Crippen LogP) is 2.81. The van der Waals surface area contributed by atoms with Crippen LogP contribution >= 0.6 is 0 Å². The van der Waals surface area contributed by atoms with Crippen LogP contribution in [-0.2, 0) is 9.59 Å². The lowest BCUT2D eigenvalue weighted by molar-refractivity contribution is -0.153. The van der Waals surface area contributed by atoms with E-state index in [0.29, 0.717) is 32.1 Å². The minimum atomic E-state index is -1.03. The number of carbonyl (C=O) groups is 2. The highest BCUT2D eigenvalue weighted by Gasteiger charge is 2.39. The van der Waals surface area contributed by atoms with E-state index in [9.17, 15) is 19.8 Å². The molecule has 0 saturated heterocycles. The van der Waals surface area contributed by atoms with Gasteiger partial charge in [-0.3, -0.25) is 9.59 Å². The first-order chi connectivity index (χ1) is 10.9. The molecule has 0 rings (SSSR count). The fourth-order valence-corrected chi connectivity index (χ4v) is 2.95. The van der Waals surface area contributed by atoms with Gasteiger partial charge in [0.2, 0.25) is 0 Å². The van der Waals surface area contributed by atoms with Crippen molar-refractivity contribution in [3.8, 4) is 0 Å². The first-order valence-corrected chi connectivity index (χ1v) is 8.62. The number of aliphatic hydroxyl groups excluding tert-OH is 2. The van der Waals surface area contributed by atoms with E-state index in [1.807, 2.05) is 0 Å². The number of hydrogen-bond donors (Lipinski definition) is 4. The molecule has 6 heteroatoms. The fraction of sp³-hybridized carbons (Fsp3) is 0.882. The molecule has 6 nitrogen and oxygen atoms in total. The Morgan fingerprint density at radius 2 is 1.52 bits per heavy atom. The molecule has 0 heterocycles. The van der Waals surface area contributed by atoms with Crippen LogP contribution in [0.5, 0.6) is 0 Å². The summed E-state index contributed by atoms with van der Waals surface area (Å²) in [6.45, 7) is 1.64. The molecule has 0 aromatic heterocycles. The summed E-state index contributed by atoms with van der Waals surface area (Å²) in [5.74, 6) is -1.77. The number of carboxylic acids is 2. The van der Waals surface area contributed by atoms with Crippen molar-refractivity contribution < 1.29 is 30.0 Å².